The van der Waals surface area contributed by atoms with Gasteiger partial charge in [-0.15, -0.1) is 0 Å². The van der Waals surface area contributed by atoms with Crippen LogP contribution in [0.25, 0.3) is 0 Å². The maximum absolute atomic E-state index is 13.3. The molecule has 35 heavy (non-hydrogen) atoms. The molecule has 0 radical (unpaired) electrons. The Labute approximate surface area is 208 Å². The molecule has 0 unspecified atom stereocenters. The van der Waals surface area contributed by atoms with E-state index in [4.69, 9.17) is 0 Å². The molecule has 7 heteroatoms. The van der Waals surface area contributed by atoms with Crippen molar-refractivity contribution >= 4 is 11.6 Å². The van der Waals surface area contributed by atoms with E-state index in [1.54, 1.807) is 11.0 Å². The summed E-state index contributed by atoms with van der Waals surface area (Å²) in [5.41, 5.74) is 4.51. The lowest BCUT2D eigenvalue weighted by atomic mass is 9.98. The second kappa shape index (κ2) is 9.70. The highest BCUT2D eigenvalue weighted by molar-refractivity contribution is 5.97. The highest BCUT2D eigenvalue weighted by Gasteiger charge is 2.30. The first-order valence-corrected chi connectivity index (χ1v) is 12.9. The molecular weight excluding hydrogens is 440 g/mol. The zero-order chi connectivity index (χ0) is 24.7. The molecule has 188 valence electrons. The molecule has 0 bridgehead atoms. The summed E-state index contributed by atoms with van der Waals surface area (Å²) >= 11 is 0. The van der Waals surface area contributed by atoms with Gasteiger partial charge < -0.3 is 24.9 Å². The number of rotatable bonds is 4. The van der Waals surface area contributed by atoms with Crippen molar-refractivity contribution in [3.8, 4) is 11.5 Å². The molecule has 2 fully saturated rings. The lowest BCUT2D eigenvalue weighted by Crippen LogP contribution is -2.52. The Morgan fingerprint density at radius 3 is 2.26 bits per heavy atom. The van der Waals surface area contributed by atoms with Crippen molar-refractivity contribution in [2.45, 2.75) is 51.7 Å². The summed E-state index contributed by atoms with van der Waals surface area (Å²) in [5.74, 6) is -0.285. The van der Waals surface area contributed by atoms with Gasteiger partial charge >= 0.3 is 0 Å². The van der Waals surface area contributed by atoms with Gasteiger partial charge in [-0.05, 0) is 60.7 Å². The SMILES string of the molecule is CC(C)c1cc(C(=O)N2Cc3ccc(N4CCC(N5CCN(C)CC5)CC4)cc3C2)c(O)cc1O. The second-order valence-electron chi connectivity index (χ2n) is 10.8. The van der Waals surface area contributed by atoms with E-state index in [1.807, 2.05) is 13.8 Å². The third-order valence-electron chi connectivity index (χ3n) is 8.08. The number of benzene rings is 2. The number of phenols is 2. The minimum absolute atomic E-state index is 0.0276. The van der Waals surface area contributed by atoms with Gasteiger partial charge in [-0.25, -0.2) is 0 Å². The van der Waals surface area contributed by atoms with Crippen LogP contribution in [0, 0.1) is 0 Å². The number of phenolic OH excluding ortho intramolecular Hbond substituents is 2. The summed E-state index contributed by atoms with van der Waals surface area (Å²) in [5, 5.41) is 20.5. The van der Waals surface area contributed by atoms with Crippen molar-refractivity contribution in [3.05, 3.63) is 52.6 Å². The monoisotopic (exact) mass is 478 g/mol. The fourth-order valence-corrected chi connectivity index (χ4v) is 5.80. The van der Waals surface area contributed by atoms with E-state index in [9.17, 15) is 15.0 Å². The van der Waals surface area contributed by atoms with Gasteiger partial charge in [0.25, 0.3) is 5.91 Å². The van der Waals surface area contributed by atoms with Gasteiger partial charge in [0.05, 0.1) is 5.56 Å². The summed E-state index contributed by atoms with van der Waals surface area (Å²) in [7, 11) is 2.21. The first-order chi connectivity index (χ1) is 16.8. The Bertz CT molecular complexity index is 1090. The second-order valence-corrected chi connectivity index (χ2v) is 10.8. The van der Waals surface area contributed by atoms with E-state index in [1.165, 1.54) is 56.3 Å². The molecule has 2 aromatic carbocycles. The molecule has 7 nitrogen and oxygen atoms in total. The number of carbonyl (C=O) groups is 1. The van der Waals surface area contributed by atoms with E-state index in [0.29, 0.717) is 24.7 Å². The molecule has 3 aliphatic rings. The molecule has 2 N–H and O–H groups in total. The zero-order valence-corrected chi connectivity index (χ0v) is 21.2. The number of nitrogens with zero attached hydrogens (tertiary/aromatic N) is 4. The molecular formula is C28H38N4O3. The van der Waals surface area contributed by atoms with Gasteiger partial charge in [0, 0.05) is 70.2 Å². The Kier molecular flexibility index (Phi) is 6.64. The molecule has 2 aromatic rings. The van der Waals surface area contributed by atoms with Crippen LogP contribution in [-0.4, -0.2) is 83.2 Å². The Balaban J connectivity index is 1.24. The van der Waals surface area contributed by atoms with Crippen LogP contribution in [0.1, 0.15) is 59.7 Å². The van der Waals surface area contributed by atoms with Gasteiger partial charge in [0.1, 0.15) is 11.5 Å². The number of likely N-dealkylation sites (N-methyl/N-ethyl adjacent to an activating group) is 1. The number of anilines is 1. The first-order valence-electron chi connectivity index (χ1n) is 12.9. The molecule has 2 saturated heterocycles. The molecule has 3 aliphatic heterocycles. The van der Waals surface area contributed by atoms with Crippen LogP contribution < -0.4 is 4.90 Å². The van der Waals surface area contributed by atoms with Gasteiger partial charge in [-0.1, -0.05) is 19.9 Å². The van der Waals surface area contributed by atoms with Crippen molar-refractivity contribution in [1.29, 1.82) is 0 Å². The number of piperazine rings is 1. The lowest BCUT2D eigenvalue weighted by molar-refractivity contribution is 0.0748. The number of aromatic hydroxyl groups is 2. The minimum Gasteiger partial charge on any atom is -0.508 e. The standard InChI is InChI=1S/C28H38N4O3/c1-19(2)24-15-25(27(34)16-26(24)33)28(35)32-17-20-4-5-23(14-21(20)18-32)30-8-6-22(7-9-30)31-12-10-29(3)11-13-31/h4-5,14-16,19,22,33-34H,6-13,17-18H2,1-3H3. The predicted molar refractivity (Wildman–Crippen MR) is 138 cm³/mol. The summed E-state index contributed by atoms with van der Waals surface area (Å²) in [6, 6.07) is 10.2. The normalized spacial score (nSPS) is 20.0. The van der Waals surface area contributed by atoms with Crippen LogP contribution in [-0.2, 0) is 13.1 Å². The highest BCUT2D eigenvalue weighted by atomic mass is 16.3. The van der Waals surface area contributed by atoms with Gasteiger partial charge in [0.2, 0.25) is 0 Å². The average molecular weight is 479 g/mol. The van der Waals surface area contributed by atoms with E-state index in [2.05, 4.69) is 39.9 Å². The topological polar surface area (TPSA) is 70.5 Å². The third kappa shape index (κ3) is 4.84. The molecule has 1 amide bonds. The number of amides is 1. The number of hydrogen-bond donors (Lipinski definition) is 2. The van der Waals surface area contributed by atoms with Gasteiger partial charge in [-0.3, -0.25) is 9.69 Å². The van der Waals surface area contributed by atoms with E-state index in [0.717, 1.165) is 18.7 Å². The third-order valence-corrected chi connectivity index (χ3v) is 8.08. The van der Waals surface area contributed by atoms with Crippen molar-refractivity contribution < 1.29 is 15.0 Å². The van der Waals surface area contributed by atoms with Crippen LogP contribution in [0.4, 0.5) is 5.69 Å². The number of piperidine rings is 1. The average Bonchev–Trinajstić information content (AvgIpc) is 3.28. The highest BCUT2D eigenvalue weighted by Crippen LogP contribution is 2.35. The molecule has 0 aliphatic carbocycles. The Hall–Kier alpha value is -2.77. The molecule has 3 heterocycles. The Morgan fingerprint density at radius 1 is 0.886 bits per heavy atom. The maximum atomic E-state index is 13.3. The Morgan fingerprint density at radius 2 is 1.57 bits per heavy atom. The molecule has 0 saturated carbocycles. The van der Waals surface area contributed by atoms with Crippen LogP contribution in [0.5, 0.6) is 11.5 Å². The van der Waals surface area contributed by atoms with Gasteiger partial charge in [0.15, 0.2) is 0 Å². The largest absolute Gasteiger partial charge is 0.508 e. The summed E-state index contributed by atoms with van der Waals surface area (Å²) in [6.07, 6.45) is 2.40. The van der Waals surface area contributed by atoms with Crippen molar-refractivity contribution in [3.63, 3.8) is 0 Å². The number of hydrogen-bond acceptors (Lipinski definition) is 6. The van der Waals surface area contributed by atoms with Gasteiger partial charge in [-0.2, -0.15) is 0 Å². The summed E-state index contributed by atoms with van der Waals surface area (Å²) < 4.78 is 0. The van der Waals surface area contributed by atoms with Crippen LogP contribution in [0.15, 0.2) is 30.3 Å². The van der Waals surface area contributed by atoms with Crippen LogP contribution in [0.3, 0.4) is 0 Å². The van der Waals surface area contributed by atoms with Crippen molar-refractivity contribution in [1.82, 2.24) is 14.7 Å². The molecule has 0 atom stereocenters. The fraction of sp³-hybridized carbons (Fsp3) is 0.536. The minimum atomic E-state index is -0.199. The lowest BCUT2D eigenvalue weighted by Gasteiger charge is -2.42. The van der Waals surface area contributed by atoms with Crippen molar-refractivity contribution in [2.75, 3.05) is 51.2 Å². The quantitative estimate of drug-likeness (QED) is 0.700. The van der Waals surface area contributed by atoms with E-state index in [-0.39, 0.29) is 28.9 Å². The fourth-order valence-electron chi connectivity index (χ4n) is 5.80. The first kappa shape index (κ1) is 23.9. The predicted octanol–water partition coefficient (Wildman–Crippen LogP) is 3.59. The maximum Gasteiger partial charge on any atom is 0.258 e. The van der Waals surface area contributed by atoms with Crippen LogP contribution >= 0.6 is 0 Å². The van der Waals surface area contributed by atoms with Crippen LogP contribution in [0.2, 0.25) is 0 Å². The van der Waals surface area contributed by atoms with E-state index >= 15 is 0 Å². The summed E-state index contributed by atoms with van der Waals surface area (Å²) in [4.78, 5) is 22.6. The molecule has 5 rings (SSSR count). The zero-order valence-electron chi connectivity index (χ0n) is 21.2. The van der Waals surface area contributed by atoms with Crippen molar-refractivity contribution in [2.24, 2.45) is 0 Å². The number of fused-ring (bicyclic) bond motifs is 1. The number of carbonyl (C=O) groups excluding carboxylic acids is 1. The van der Waals surface area contributed by atoms with E-state index < -0.39 is 0 Å². The molecule has 0 aromatic heterocycles. The molecule has 0 spiro atoms. The summed E-state index contributed by atoms with van der Waals surface area (Å²) in [6.45, 7) is 11.8. The smallest absolute Gasteiger partial charge is 0.258 e.